The standard InChI is InChI=1S/C17H18F3NO2.ClH/c1-23-12-7-8-13(14(10-12)17(18,19)20)16(21)15(22)9-11-5-3-2-4-6-11;/h2-8,10,15-16,22H,9,21H2,1H3;1H/t15-,16+;/m0./s1. The summed E-state index contributed by atoms with van der Waals surface area (Å²) in [4.78, 5) is 0. The van der Waals surface area contributed by atoms with Crippen LogP contribution in [-0.4, -0.2) is 18.3 Å². The highest BCUT2D eigenvalue weighted by Gasteiger charge is 2.36. The Balaban J connectivity index is 0.00000288. The monoisotopic (exact) mass is 361 g/mol. The molecule has 24 heavy (non-hydrogen) atoms. The highest BCUT2D eigenvalue weighted by atomic mass is 35.5. The number of rotatable bonds is 5. The van der Waals surface area contributed by atoms with Crippen LogP contribution in [0.25, 0.3) is 0 Å². The molecule has 132 valence electrons. The van der Waals surface area contributed by atoms with Gasteiger partial charge in [-0.15, -0.1) is 12.4 Å². The molecule has 0 spiro atoms. The molecule has 0 radical (unpaired) electrons. The van der Waals surface area contributed by atoms with Gasteiger partial charge in [-0.05, 0) is 23.3 Å². The van der Waals surface area contributed by atoms with Crippen molar-refractivity contribution in [1.29, 1.82) is 0 Å². The molecular weight excluding hydrogens is 343 g/mol. The average Bonchev–Trinajstić information content (AvgIpc) is 2.53. The van der Waals surface area contributed by atoms with Crippen molar-refractivity contribution >= 4 is 12.4 Å². The van der Waals surface area contributed by atoms with Gasteiger partial charge in [-0.2, -0.15) is 13.2 Å². The van der Waals surface area contributed by atoms with Crippen LogP contribution in [0, 0.1) is 0 Å². The second kappa shape index (κ2) is 8.37. The summed E-state index contributed by atoms with van der Waals surface area (Å²) in [5.41, 5.74) is 5.64. The van der Waals surface area contributed by atoms with E-state index in [0.717, 1.165) is 11.6 Å². The number of methoxy groups -OCH3 is 1. The molecule has 2 atom stereocenters. The lowest BCUT2D eigenvalue weighted by molar-refractivity contribution is -0.138. The van der Waals surface area contributed by atoms with Crippen molar-refractivity contribution in [2.24, 2.45) is 5.73 Å². The number of aliphatic hydroxyl groups excluding tert-OH is 1. The van der Waals surface area contributed by atoms with E-state index in [1.807, 2.05) is 6.07 Å². The van der Waals surface area contributed by atoms with Gasteiger partial charge in [0.05, 0.1) is 24.8 Å². The maximum absolute atomic E-state index is 13.2. The normalized spacial score (nSPS) is 13.8. The number of hydrogen-bond donors (Lipinski definition) is 2. The third kappa shape index (κ3) is 4.87. The van der Waals surface area contributed by atoms with E-state index in [-0.39, 0.29) is 30.1 Å². The van der Waals surface area contributed by atoms with Crippen LogP contribution >= 0.6 is 12.4 Å². The number of halogens is 4. The molecule has 0 amide bonds. The van der Waals surface area contributed by atoms with E-state index in [1.54, 1.807) is 24.3 Å². The molecule has 0 aliphatic heterocycles. The SMILES string of the molecule is COc1ccc([C@@H](N)[C@@H](O)Cc2ccccc2)c(C(F)(F)F)c1.Cl. The summed E-state index contributed by atoms with van der Waals surface area (Å²) in [7, 11) is 1.29. The number of benzene rings is 2. The van der Waals surface area contributed by atoms with Crippen molar-refractivity contribution in [3.63, 3.8) is 0 Å². The van der Waals surface area contributed by atoms with Gasteiger partial charge in [0.15, 0.2) is 0 Å². The van der Waals surface area contributed by atoms with Gasteiger partial charge in [0.25, 0.3) is 0 Å². The predicted molar refractivity (Wildman–Crippen MR) is 88.3 cm³/mol. The Morgan fingerprint density at radius 1 is 1.12 bits per heavy atom. The van der Waals surface area contributed by atoms with Crippen LogP contribution in [-0.2, 0) is 12.6 Å². The van der Waals surface area contributed by atoms with E-state index in [2.05, 4.69) is 0 Å². The predicted octanol–water partition coefficient (Wildman–Crippen LogP) is 3.74. The number of aliphatic hydroxyl groups is 1. The largest absolute Gasteiger partial charge is 0.497 e. The summed E-state index contributed by atoms with van der Waals surface area (Å²) in [6, 6.07) is 11.4. The van der Waals surface area contributed by atoms with Gasteiger partial charge >= 0.3 is 6.18 Å². The Kier molecular flexibility index (Phi) is 7.08. The zero-order valence-corrected chi connectivity index (χ0v) is 13.8. The molecule has 0 aliphatic carbocycles. The molecule has 0 aromatic heterocycles. The summed E-state index contributed by atoms with van der Waals surface area (Å²) in [5, 5.41) is 10.2. The molecule has 0 bridgehead atoms. The van der Waals surface area contributed by atoms with E-state index in [1.165, 1.54) is 19.2 Å². The lowest BCUT2D eigenvalue weighted by Gasteiger charge is -2.23. The fourth-order valence-corrected chi connectivity index (χ4v) is 2.39. The first-order chi connectivity index (χ1) is 10.8. The zero-order valence-electron chi connectivity index (χ0n) is 13.0. The van der Waals surface area contributed by atoms with Crippen LogP contribution in [0.1, 0.15) is 22.7 Å². The maximum atomic E-state index is 13.2. The summed E-state index contributed by atoms with van der Waals surface area (Å²) in [6.07, 6.45) is -5.54. The van der Waals surface area contributed by atoms with Gasteiger partial charge in [0.1, 0.15) is 5.75 Å². The Morgan fingerprint density at radius 3 is 2.29 bits per heavy atom. The second-order valence-electron chi connectivity index (χ2n) is 5.23. The highest BCUT2D eigenvalue weighted by molar-refractivity contribution is 5.85. The molecule has 2 rings (SSSR count). The molecule has 3 N–H and O–H groups in total. The molecule has 0 saturated carbocycles. The van der Waals surface area contributed by atoms with Crippen molar-refractivity contribution in [2.75, 3.05) is 7.11 Å². The smallest absolute Gasteiger partial charge is 0.416 e. The van der Waals surface area contributed by atoms with Gasteiger partial charge in [0, 0.05) is 6.42 Å². The van der Waals surface area contributed by atoms with Gasteiger partial charge in [0.2, 0.25) is 0 Å². The first-order valence-corrected chi connectivity index (χ1v) is 7.05. The Morgan fingerprint density at radius 2 is 1.75 bits per heavy atom. The zero-order chi connectivity index (χ0) is 17.0. The topological polar surface area (TPSA) is 55.5 Å². The van der Waals surface area contributed by atoms with Crippen molar-refractivity contribution in [2.45, 2.75) is 24.7 Å². The summed E-state index contributed by atoms with van der Waals surface area (Å²) >= 11 is 0. The number of alkyl halides is 3. The maximum Gasteiger partial charge on any atom is 0.416 e. The Bertz CT molecular complexity index is 650. The lowest BCUT2D eigenvalue weighted by Crippen LogP contribution is -2.30. The molecule has 0 heterocycles. The van der Waals surface area contributed by atoms with Crippen LogP contribution in [0.2, 0.25) is 0 Å². The van der Waals surface area contributed by atoms with Gasteiger partial charge in [-0.3, -0.25) is 0 Å². The fourth-order valence-electron chi connectivity index (χ4n) is 2.39. The van der Waals surface area contributed by atoms with Crippen LogP contribution in [0.5, 0.6) is 5.75 Å². The summed E-state index contributed by atoms with van der Waals surface area (Å²) in [6.45, 7) is 0. The molecule has 0 unspecified atom stereocenters. The summed E-state index contributed by atoms with van der Waals surface area (Å²) < 4.78 is 44.5. The van der Waals surface area contributed by atoms with Crippen molar-refractivity contribution < 1.29 is 23.0 Å². The van der Waals surface area contributed by atoms with Crippen molar-refractivity contribution in [1.82, 2.24) is 0 Å². The minimum atomic E-state index is -4.58. The Labute approximate surface area is 144 Å². The average molecular weight is 362 g/mol. The minimum absolute atomic E-state index is 0. The summed E-state index contributed by atoms with van der Waals surface area (Å²) in [5.74, 6) is 0.0887. The molecule has 2 aromatic carbocycles. The van der Waals surface area contributed by atoms with E-state index in [4.69, 9.17) is 10.5 Å². The fraction of sp³-hybridized carbons (Fsp3) is 0.294. The van der Waals surface area contributed by atoms with E-state index < -0.39 is 23.9 Å². The van der Waals surface area contributed by atoms with E-state index >= 15 is 0 Å². The molecule has 7 heteroatoms. The number of ether oxygens (including phenoxy) is 1. The van der Waals surface area contributed by atoms with Crippen LogP contribution in [0.15, 0.2) is 48.5 Å². The first-order valence-electron chi connectivity index (χ1n) is 7.05. The quantitative estimate of drug-likeness (QED) is 0.853. The van der Waals surface area contributed by atoms with E-state index in [0.29, 0.717) is 0 Å². The third-order valence-electron chi connectivity index (χ3n) is 3.63. The van der Waals surface area contributed by atoms with Crippen molar-refractivity contribution in [3.8, 4) is 5.75 Å². The van der Waals surface area contributed by atoms with Crippen molar-refractivity contribution in [3.05, 3.63) is 65.2 Å². The third-order valence-corrected chi connectivity index (χ3v) is 3.63. The van der Waals surface area contributed by atoms with E-state index in [9.17, 15) is 18.3 Å². The number of hydrogen-bond acceptors (Lipinski definition) is 3. The molecular formula is C17H19ClF3NO2. The molecule has 3 nitrogen and oxygen atoms in total. The second-order valence-corrected chi connectivity index (χ2v) is 5.23. The minimum Gasteiger partial charge on any atom is -0.497 e. The molecule has 0 fully saturated rings. The number of nitrogens with two attached hydrogens (primary N) is 1. The van der Waals surface area contributed by atoms with Gasteiger partial charge in [-0.25, -0.2) is 0 Å². The first kappa shape index (κ1) is 20.3. The van der Waals surface area contributed by atoms with Crippen LogP contribution in [0.4, 0.5) is 13.2 Å². The highest BCUT2D eigenvalue weighted by Crippen LogP contribution is 2.37. The molecule has 0 aliphatic rings. The van der Waals surface area contributed by atoms with Crippen LogP contribution in [0.3, 0.4) is 0 Å². The van der Waals surface area contributed by atoms with Crippen LogP contribution < -0.4 is 10.5 Å². The van der Waals surface area contributed by atoms with Gasteiger partial charge < -0.3 is 15.6 Å². The lowest BCUT2D eigenvalue weighted by atomic mass is 9.93. The molecule has 2 aromatic rings. The Hall–Kier alpha value is -1.76. The van der Waals surface area contributed by atoms with Gasteiger partial charge in [-0.1, -0.05) is 36.4 Å². The molecule has 0 saturated heterocycles.